The molecule has 0 saturated carbocycles. The van der Waals surface area contributed by atoms with Gasteiger partial charge < -0.3 is 19.6 Å². The van der Waals surface area contributed by atoms with Crippen LogP contribution in [0.1, 0.15) is 40.5 Å². The molecule has 1 fully saturated rings. The Morgan fingerprint density at radius 2 is 1.93 bits per heavy atom. The molecule has 2 aliphatic rings. The van der Waals surface area contributed by atoms with Gasteiger partial charge in [-0.25, -0.2) is 13.8 Å². The number of carbonyl (C=O) groups is 1. The molecule has 1 aromatic heterocycles. The Morgan fingerprint density at radius 1 is 1.21 bits per heavy atom. The molecular formula is C21H23F2N3O3. The predicted octanol–water partition coefficient (Wildman–Crippen LogP) is 2.84. The molecule has 1 amide bonds. The first-order chi connectivity index (χ1) is 13.9. The molecule has 29 heavy (non-hydrogen) atoms. The number of amides is 1. The number of piperidine rings is 1. The number of hydrogen-bond acceptors (Lipinski definition) is 5. The minimum absolute atomic E-state index is 0.0938. The Morgan fingerprint density at radius 3 is 2.59 bits per heavy atom. The second-order valence-corrected chi connectivity index (χ2v) is 7.56. The lowest BCUT2D eigenvalue weighted by Crippen LogP contribution is -2.39. The van der Waals surface area contributed by atoms with Gasteiger partial charge in [0.25, 0.3) is 5.91 Å². The fourth-order valence-corrected chi connectivity index (χ4v) is 4.01. The van der Waals surface area contributed by atoms with Gasteiger partial charge in [-0.15, -0.1) is 0 Å². The highest BCUT2D eigenvalue weighted by atomic mass is 19.2. The predicted molar refractivity (Wildman–Crippen MR) is 103 cm³/mol. The highest BCUT2D eigenvalue weighted by molar-refractivity contribution is 5.99. The van der Waals surface area contributed by atoms with E-state index in [1.165, 1.54) is 11.0 Å². The van der Waals surface area contributed by atoms with Crippen molar-refractivity contribution in [3.63, 3.8) is 0 Å². The number of benzene rings is 1. The molecule has 0 radical (unpaired) electrons. The monoisotopic (exact) mass is 403 g/mol. The van der Waals surface area contributed by atoms with Crippen molar-refractivity contribution in [2.75, 3.05) is 31.6 Å². The molecule has 154 valence electrons. The van der Waals surface area contributed by atoms with E-state index in [1.54, 1.807) is 7.05 Å². The SMILES string of the molecule is Cc1cc2c(nc1N1CCC(Oc3ccc(F)c(F)c3)CC1)C(CO)N(C)C2=O. The number of aryl methyl sites for hydroxylation is 1. The summed E-state index contributed by atoms with van der Waals surface area (Å²) in [6.45, 7) is 3.13. The highest BCUT2D eigenvalue weighted by Gasteiger charge is 2.36. The molecule has 0 aliphatic carbocycles. The number of rotatable bonds is 4. The average molecular weight is 403 g/mol. The first kappa shape index (κ1) is 19.6. The third-order valence-electron chi connectivity index (χ3n) is 5.66. The highest BCUT2D eigenvalue weighted by Crippen LogP contribution is 2.34. The van der Waals surface area contributed by atoms with E-state index in [4.69, 9.17) is 9.72 Å². The Labute approximate surface area is 167 Å². The largest absolute Gasteiger partial charge is 0.490 e. The summed E-state index contributed by atoms with van der Waals surface area (Å²) in [5, 5.41) is 9.67. The zero-order valence-corrected chi connectivity index (χ0v) is 16.4. The van der Waals surface area contributed by atoms with Gasteiger partial charge >= 0.3 is 0 Å². The molecule has 2 aliphatic heterocycles. The van der Waals surface area contributed by atoms with Crippen LogP contribution in [-0.2, 0) is 0 Å². The minimum Gasteiger partial charge on any atom is -0.490 e. The summed E-state index contributed by atoms with van der Waals surface area (Å²) in [5.74, 6) is -0.815. The van der Waals surface area contributed by atoms with Gasteiger partial charge in [-0.2, -0.15) is 0 Å². The summed E-state index contributed by atoms with van der Waals surface area (Å²) in [6, 6.07) is 4.98. The average Bonchev–Trinajstić information content (AvgIpc) is 2.94. The van der Waals surface area contributed by atoms with Gasteiger partial charge in [-0.1, -0.05) is 0 Å². The third-order valence-corrected chi connectivity index (χ3v) is 5.66. The molecule has 1 unspecified atom stereocenters. The van der Waals surface area contributed by atoms with Crippen LogP contribution in [0.4, 0.5) is 14.6 Å². The van der Waals surface area contributed by atoms with Crippen molar-refractivity contribution in [3.05, 3.63) is 52.7 Å². The molecular weight excluding hydrogens is 380 g/mol. The summed E-state index contributed by atoms with van der Waals surface area (Å²) >= 11 is 0. The van der Waals surface area contributed by atoms with Crippen molar-refractivity contribution in [2.24, 2.45) is 0 Å². The Kier molecular flexibility index (Phi) is 5.12. The van der Waals surface area contributed by atoms with Gasteiger partial charge in [-0.05, 0) is 30.7 Å². The van der Waals surface area contributed by atoms with Crippen molar-refractivity contribution in [1.82, 2.24) is 9.88 Å². The molecule has 1 atom stereocenters. The molecule has 0 bridgehead atoms. The Balaban J connectivity index is 1.47. The maximum Gasteiger partial charge on any atom is 0.256 e. The summed E-state index contributed by atoms with van der Waals surface area (Å²) in [6.07, 6.45) is 1.32. The number of aliphatic hydroxyl groups excluding tert-OH is 1. The zero-order chi connectivity index (χ0) is 20.7. The number of hydrogen-bond donors (Lipinski definition) is 1. The first-order valence-electron chi connectivity index (χ1n) is 9.65. The quantitative estimate of drug-likeness (QED) is 0.851. The third kappa shape index (κ3) is 3.53. The number of fused-ring (bicyclic) bond motifs is 1. The van der Waals surface area contributed by atoms with E-state index in [-0.39, 0.29) is 18.6 Å². The van der Waals surface area contributed by atoms with Crippen molar-refractivity contribution in [3.8, 4) is 5.75 Å². The molecule has 4 rings (SSSR count). The van der Waals surface area contributed by atoms with Crippen LogP contribution >= 0.6 is 0 Å². The zero-order valence-electron chi connectivity index (χ0n) is 16.4. The van der Waals surface area contributed by atoms with E-state index in [9.17, 15) is 18.7 Å². The summed E-state index contributed by atoms with van der Waals surface area (Å²) in [5.41, 5.74) is 2.06. The van der Waals surface area contributed by atoms with E-state index in [2.05, 4.69) is 4.90 Å². The number of anilines is 1. The van der Waals surface area contributed by atoms with E-state index in [1.807, 2.05) is 13.0 Å². The first-order valence-corrected chi connectivity index (χ1v) is 9.65. The number of carbonyl (C=O) groups excluding carboxylic acids is 1. The number of pyridine rings is 1. The lowest BCUT2D eigenvalue weighted by Gasteiger charge is -2.34. The number of ether oxygens (including phenoxy) is 1. The van der Waals surface area contributed by atoms with Crippen LogP contribution in [0.15, 0.2) is 24.3 Å². The smallest absolute Gasteiger partial charge is 0.256 e. The van der Waals surface area contributed by atoms with Crippen LogP contribution in [0.2, 0.25) is 0 Å². The van der Waals surface area contributed by atoms with E-state index in [0.717, 1.165) is 23.5 Å². The molecule has 1 N–H and O–H groups in total. The van der Waals surface area contributed by atoms with Crippen LogP contribution in [0, 0.1) is 18.6 Å². The summed E-state index contributed by atoms with van der Waals surface area (Å²) in [7, 11) is 1.67. The van der Waals surface area contributed by atoms with Gasteiger partial charge in [0.05, 0.1) is 23.9 Å². The second kappa shape index (κ2) is 7.59. The van der Waals surface area contributed by atoms with Gasteiger partial charge in [0.15, 0.2) is 11.6 Å². The van der Waals surface area contributed by atoms with Crippen molar-refractivity contribution in [2.45, 2.75) is 31.9 Å². The van der Waals surface area contributed by atoms with Crippen LogP contribution < -0.4 is 9.64 Å². The van der Waals surface area contributed by atoms with Crippen LogP contribution in [0.3, 0.4) is 0 Å². The van der Waals surface area contributed by atoms with E-state index >= 15 is 0 Å². The molecule has 6 nitrogen and oxygen atoms in total. The van der Waals surface area contributed by atoms with Gasteiger partial charge in [0.2, 0.25) is 0 Å². The van der Waals surface area contributed by atoms with Crippen LogP contribution in [0.5, 0.6) is 5.75 Å². The fourth-order valence-electron chi connectivity index (χ4n) is 4.01. The molecule has 1 saturated heterocycles. The maximum atomic E-state index is 13.4. The van der Waals surface area contributed by atoms with E-state index in [0.29, 0.717) is 42.9 Å². The van der Waals surface area contributed by atoms with Crippen LogP contribution in [0.25, 0.3) is 0 Å². The second-order valence-electron chi connectivity index (χ2n) is 7.56. The number of halogens is 2. The number of aliphatic hydroxyl groups is 1. The van der Waals surface area contributed by atoms with E-state index < -0.39 is 17.7 Å². The lowest BCUT2D eigenvalue weighted by molar-refractivity contribution is 0.0715. The van der Waals surface area contributed by atoms with Gasteiger partial charge in [-0.3, -0.25) is 4.79 Å². The molecule has 0 spiro atoms. The van der Waals surface area contributed by atoms with Crippen molar-refractivity contribution in [1.29, 1.82) is 0 Å². The summed E-state index contributed by atoms with van der Waals surface area (Å²) < 4.78 is 32.2. The van der Waals surface area contributed by atoms with Gasteiger partial charge in [0.1, 0.15) is 17.7 Å². The maximum absolute atomic E-state index is 13.4. The Bertz CT molecular complexity index is 945. The normalized spacial score (nSPS) is 19.6. The van der Waals surface area contributed by atoms with Crippen LogP contribution in [-0.4, -0.2) is 53.7 Å². The lowest BCUT2D eigenvalue weighted by atomic mass is 10.1. The molecule has 8 heteroatoms. The summed E-state index contributed by atoms with van der Waals surface area (Å²) in [4.78, 5) is 20.7. The number of aromatic nitrogens is 1. The fraction of sp³-hybridized carbons (Fsp3) is 0.429. The number of likely N-dealkylation sites (N-methyl/N-ethyl adjacent to an activating group) is 1. The molecule has 3 heterocycles. The molecule has 2 aromatic rings. The topological polar surface area (TPSA) is 65.9 Å². The standard InChI is InChI=1S/C21H23F2N3O3/c1-12-9-15-19(18(11-27)25(2)21(15)28)24-20(12)26-7-5-13(6-8-26)29-14-3-4-16(22)17(23)10-14/h3-4,9-10,13,18,27H,5-8,11H2,1-2H3. The molecule has 1 aromatic carbocycles. The Hall–Kier alpha value is -2.74. The van der Waals surface area contributed by atoms with Crippen molar-refractivity contribution < 1.29 is 23.4 Å². The van der Waals surface area contributed by atoms with Gasteiger partial charge in [0, 0.05) is 39.0 Å². The minimum atomic E-state index is -0.921. The number of nitrogens with zero attached hydrogens (tertiary/aromatic N) is 3. The van der Waals surface area contributed by atoms with Crippen molar-refractivity contribution >= 4 is 11.7 Å².